The lowest BCUT2D eigenvalue weighted by Crippen LogP contribution is -2.59. The van der Waals surface area contributed by atoms with Crippen molar-refractivity contribution < 1.29 is 19.0 Å². The first kappa shape index (κ1) is 20.1. The van der Waals surface area contributed by atoms with E-state index >= 15 is 0 Å². The fraction of sp³-hybridized carbons (Fsp3) is 0.400. The lowest BCUT2D eigenvalue weighted by molar-refractivity contribution is -0.195. The van der Waals surface area contributed by atoms with E-state index in [1.807, 2.05) is 19.1 Å². The molecule has 31 heavy (non-hydrogen) atoms. The van der Waals surface area contributed by atoms with Gasteiger partial charge >= 0.3 is 0 Å². The molecule has 3 aromatic rings. The van der Waals surface area contributed by atoms with Crippen LogP contribution in [0, 0.1) is 11.2 Å². The summed E-state index contributed by atoms with van der Waals surface area (Å²) in [7, 11) is 1.65. The Kier molecular flexibility index (Phi) is 4.10. The van der Waals surface area contributed by atoms with Crippen LogP contribution in [0.2, 0.25) is 0 Å². The number of amides is 1. The van der Waals surface area contributed by atoms with Gasteiger partial charge in [0.25, 0.3) is 0 Å². The molecule has 1 aromatic heterocycles. The number of hydrogen-bond donors (Lipinski definition) is 2. The van der Waals surface area contributed by atoms with Crippen molar-refractivity contribution in [3.05, 3.63) is 59.5 Å². The summed E-state index contributed by atoms with van der Waals surface area (Å²) in [5, 5.41) is 14.4. The molecule has 1 aliphatic heterocycles. The summed E-state index contributed by atoms with van der Waals surface area (Å²) in [4.78, 5) is 12.5. The summed E-state index contributed by atoms with van der Waals surface area (Å²) in [5.74, 6) is -0.111. The first-order valence-corrected chi connectivity index (χ1v) is 10.6. The molecule has 5 rings (SSSR count). The number of benzene rings is 2. The Balaban J connectivity index is 1.82. The minimum atomic E-state index is -0.644. The van der Waals surface area contributed by atoms with Crippen molar-refractivity contribution in [3.8, 4) is 11.4 Å². The monoisotopic (exact) mass is 422 g/mol. The Morgan fingerprint density at radius 3 is 2.45 bits per heavy atom. The van der Waals surface area contributed by atoms with E-state index in [1.54, 1.807) is 25.2 Å². The quantitative estimate of drug-likeness (QED) is 0.638. The van der Waals surface area contributed by atoms with Crippen molar-refractivity contribution in [1.29, 1.82) is 0 Å². The number of halogens is 1. The zero-order valence-corrected chi connectivity index (χ0v) is 18.3. The standard InChI is InChI=1S/C25H27FN2O3/c1-23(2)14-31-25(12-24(3,13-25)22(30)27-4)20-19-17(6-5-7-18(19)29)28(21(20)23)16-10-8-15(26)9-11-16/h5-11,29H,12-14H2,1-4H3,(H,27,30). The molecule has 0 atom stereocenters. The van der Waals surface area contributed by atoms with Crippen LogP contribution in [-0.2, 0) is 20.5 Å². The number of rotatable bonds is 2. The van der Waals surface area contributed by atoms with Gasteiger partial charge in [0.15, 0.2) is 0 Å². The van der Waals surface area contributed by atoms with E-state index in [4.69, 9.17) is 4.74 Å². The number of aromatic hydroxyl groups is 1. The molecule has 1 amide bonds. The summed E-state index contributed by atoms with van der Waals surface area (Å²) in [6, 6.07) is 11.9. The minimum Gasteiger partial charge on any atom is -0.507 e. The van der Waals surface area contributed by atoms with Crippen molar-refractivity contribution in [2.45, 2.75) is 44.6 Å². The molecule has 5 nitrogen and oxygen atoms in total. The van der Waals surface area contributed by atoms with Gasteiger partial charge in [0.1, 0.15) is 11.6 Å². The number of fused-ring (bicyclic) bond motifs is 4. The zero-order valence-electron chi connectivity index (χ0n) is 18.3. The molecule has 2 N–H and O–H groups in total. The number of phenols is 1. The van der Waals surface area contributed by atoms with Crippen molar-refractivity contribution in [3.63, 3.8) is 0 Å². The molecule has 0 bridgehead atoms. The van der Waals surface area contributed by atoms with Crippen LogP contribution in [0.4, 0.5) is 4.39 Å². The Hall–Kier alpha value is -2.86. The number of nitrogens with zero attached hydrogens (tertiary/aromatic N) is 1. The fourth-order valence-electron chi connectivity index (χ4n) is 5.67. The van der Waals surface area contributed by atoms with E-state index in [-0.39, 0.29) is 22.9 Å². The van der Waals surface area contributed by atoms with E-state index in [1.165, 1.54) is 12.1 Å². The summed E-state index contributed by atoms with van der Waals surface area (Å²) in [6.45, 7) is 6.68. The molecule has 0 saturated heterocycles. The summed E-state index contributed by atoms with van der Waals surface area (Å²) >= 11 is 0. The van der Waals surface area contributed by atoms with Crippen LogP contribution in [0.5, 0.6) is 5.75 Å². The second-order valence-electron chi connectivity index (χ2n) is 9.87. The Labute approximate surface area is 180 Å². The molecule has 2 heterocycles. The van der Waals surface area contributed by atoms with Crippen molar-refractivity contribution in [1.82, 2.24) is 9.88 Å². The van der Waals surface area contributed by atoms with Crippen LogP contribution in [0.3, 0.4) is 0 Å². The van der Waals surface area contributed by atoms with Crippen molar-refractivity contribution in [2.24, 2.45) is 5.41 Å². The maximum absolute atomic E-state index is 13.7. The lowest BCUT2D eigenvalue weighted by Gasteiger charge is -2.57. The van der Waals surface area contributed by atoms with Crippen LogP contribution < -0.4 is 5.32 Å². The van der Waals surface area contributed by atoms with Crippen LogP contribution in [-0.4, -0.2) is 29.2 Å². The van der Waals surface area contributed by atoms with Gasteiger partial charge in [0.2, 0.25) is 5.91 Å². The average Bonchev–Trinajstić information content (AvgIpc) is 3.08. The number of aromatic nitrogens is 1. The molecule has 162 valence electrons. The molecule has 2 aromatic carbocycles. The molecule has 1 spiro atoms. The topological polar surface area (TPSA) is 63.5 Å². The highest BCUT2D eigenvalue weighted by Gasteiger charge is 2.62. The van der Waals surface area contributed by atoms with Gasteiger partial charge in [-0.3, -0.25) is 4.79 Å². The second kappa shape index (κ2) is 6.33. The maximum Gasteiger partial charge on any atom is 0.225 e. The third-order valence-corrected chi connectivity index (χ3v) is 6.99. The van der Waals surface area contributed by atoms with Crippen molar-refractivity contribution in [2.75, 3.05) is 13.7 Å². The molecular formula is C25H27FN2O3. The van der Waals surface area contributed by atoms with Gasteiger partial charge in [-0.1, -0.05) is 26.8 Å². The van der Waals surface area contributed by atoms with Gasteiger partial charge in [0, 0.05) is 34.8 Å². The third kappa shape index (κ3) is 2.67. The summed E-state index contributed by atoms with van der Waals surface area (Å²) in [5.41, 5.74) is 2.15. The summed E-state index contributed by atoms with van der Waals surface area (Å²) < 4.78 is 22.3. The normalized spacial score (nSPS) is 26.5. The highest BCUT2D eigenvalue weighted by Crippen LogP contribution is 2.63. The molecule has 0 unspecified atom stereocenters. The fourth-order valence-corrected chi connectivity index (χ4v) is 5.67. The molecular weight excluding hydrogens is 395 g/mol. The van der Waals surface area contributed by atoms with E-state index in [9.17, 15) is 14.3 Å². The summed E-state index contributed by atoms with van der Waals surface area (Å²) in [6.07, 6.45) is 1.08. The van der Waals surface area contributed by atoms with Crippen LogP contribution >= 0.6 is 0 Å². The maximum atomic E-state index is 13.7. The SMILES string of the molecule is CNC(=O)C1(C)CC2(C1)OCC(C)(C)c1c2c2c(O)cccc2n1-c1ccc(F)cc1. The first-order chi connectivity index (χ1) is 14.6. The molecule has 2 aliphatic rings. The molecule has 1 saturated carbocycles. The van der Waals surface area contributed by atoms with Gasteiger partial charge in [-0.05, 0) is 49.2 Å². The zero-order chi connectivity index (χ0) is 22.2. The van der Waals surface area contributed by atoms with Gasteiger partial charge < -0.3 is 19.7 Å². The van der Waals surface area contributed by atoms with E-state index in [2.05, 4.69) is 23.7 Å². The number of nitrogens with one attached hydrogen (secondary N) is 1. The van der Waals surface area contributed by atoms with E-state index in [0.717, 1.165) is 27.8 Å². The Bertz CT molecular complexity index is 1200. The third-order valence-electron chi connectivity index (χ3n) is 6.99. The molecule has 1 aliphatic carbocycles. The second-order valence-corrected chi connectivity index (χ2v) is 9.87. The van der Waals surface area contributed by atoms with Crippen LogP contribution in [0.25, 0.3) is 16.6 Å². The van der Waals surface area contributed by atoms with E-state index in [0.29, 0.717) is 19.4 Å². The number of ether oxygens (including phenoxy) is 1. The number of carbonyl (C=O) groups excluding carboxylic acids is 1. The number of carbonyl (C=O) groups is 1. The van der Waals surface area contributed by atoms with E-state index < -0.39 is 11.0 Å². The predicted octanol–water partition coefficient (Wildman–Crippen LogP) is 4.52. The number of hydrogen-bond acceptors (Lipinski definition) is 3. The largest absolute Gasteiger partial charge is 0.507 e. The smallest absolute Gasteiger partial charge is 0.225 e. The van der Waals surface area contributed by atoms with Gasteiger partial charge in [-0.25, -0.2) is 4.39 Å². The molecule has 1 fully saturated rings. The Morgan fingerprint density at radius 1 is 1.13 bits per heavy atom. The highest BCUT2D eigenvalue weighted by atomic mass is 19.1. The number of phenolic OH excluding ortho intramolecular Hbond substituents is 1. The van der Waals surface area contributed by atoms with Crippen LogP contribution in [0.1, 0.15) is 44.9 Å². The van der Waals surface area contributed by atoms with Crippen molar-refractivity contribution >= 4 is 16.8 Å². The molecule has 6 heteroatoms. The van der Waals surface area contributed by atoms with Gasteiger partial charge in [-0.15, -0.1) is 0 Å². The molecule has 0 radical (unpaired) electrons. The lowest BCUT2D eigenvalue weighted by atomic mass is 9.55. The Morgan fingerprint density at radius 2 is 1.81 bits per heavy atom. The first-order valence-electron chi connectivity index (χ1n) is 10.6. The van der Waals surface area contributed by atoms with Crippen LogP contribution in [0.15, 0.2) is 42.5 Å². The van der Waals surface area contributed by atoms with Gasteiger partial charge in [-0.2, -0.15) is 0 Å². The highest BCUT2D eigenvalue weighted by molar-refractivity contribution is 5.95. The van der Waals surface area contributed by atoms with Gasteiger partial charge in [0.05, 0.1) is 23.1 Å². The minimum absolute atomic E-state index is 0.000367. The average molecular weight is 423 g/mol. The predicted molar refractivity (Wildman–Crippen MR) is 117 cm³/mol.